The molecule has 0 aromatic heterocycles. The Kier molecular flexibility index (Phi) is 2.28. The highest BCUT2D eigenvalue weighted by atomic mass is 17.0. The molecule has 0 radical (unpaired) electrons. The van der Waals surface area contributed by atoms with Crippen molar-refractivity contribution in [3.8, 4) is 11.5 Å². The van der Waals surface area contributed by atoms with E-state index in [1.165, 1.54) is 5.23 Å². The molecule has 1 N–H and O–H groups in total. The van der Waals surface area contributed by atoms with Gasteiger partial charge in [-0.2, -0.15) is 0 Å². The number of fused-ring (bicyclic) bond motifs is 1. The van der Waals surface area contributed by atoms with Gasteiger partial charge in [0, 0.05) is 5.23 Å². The molecule has 2 aliphatic rings. The summed E-state index contributed by atoms with van der Waals surface area (Å²) in [4.78, 5) is 22.1. The zero-order chi connectivity index (χ0) is 12.9. The molecule has 3 rings (SSSR count). The maximum atomic E-state index is 11.1. The van der Waals surface area contributed by atoms with Crippen LogP contribution in [-0.4, -0.2) is 22.8 Å². The molecule has 0 amide bonds. The molecule has 1 aromatic rings. The Hall–Kier alpha value is -1.75. The van der Waals surface area contributed by atoms with Crippen LogP contribution in [0.15, 0.2) is 24.3 Å². The van der Waals surface area contributed by atoms with Crippen molar-refractivity contribution in [1.82, 2.24) is 5.23 Å². The quantitative estimate of drug-likeness (QED) is 0.887. The van der Waals surface area contributed by atoms with Crippen LogP contribution in [0.4, 0.5) is 0 Å². The van der Waals surface area contributed by atoms with Gasteiger partial charge in [-0.15, -0.1) is 0 Å². The number of hydrogen-bond acceptors (Lipinski definition) is 4. The van der Waals surface area contributed by atoms with E-state index in [0.29, 0.717) is 18.0 Å². The summed E-state index contributed by atoms with van der Waals surface area (Å²) in [6.07, 6.45) is 0. The van der Waals surface area contributed by atoms with E-state index >= 15 is 0 Å². The van der Waals surface area contributed by atoms with Gasteiger partial charge in [-0.3, -0.25) is 4.79 Å². The topological polar surface area (TPSA) is 59.0 Å². The fourth-order valence-electron chi connectivity index (χ4n) is 2.65. The second-order valence-corrected chi connectivity index (χ2v) is 5.39. The average molecular weight is 249 g/mol. The molecular formula is C13H15NO4. The lowest BCUT2D eigenvalue weighted by Gasteiger charge is -2.12. The molecule has 1 aliphatic carbocycles. The summed E-state index contributed by atoms with van der Waals surface area (Å²) in [5.74, 6) is 0.310. The lowest BCUT2D eigenvalue weighted by molar-refractivity contribution is -0.229. The van der Waals surface area contributed by atoms with E-state index in [-0.39, 0.29) is 17.3 Å². The van der Waals surface area contributed by atoms with E-state index in [2.05, 4.69) is 0 Å². The van der Waals surface area contributed by atoms with Crippen molar-refractivity contribution in [2.24, 2.45) is 17.3 Å². The molecule has 96 valence electrons. The van der Waals surface area contributed by atoms with Gasteiger partial charge in [0.1, 0.15) is 0 Å². The molecule has 5 heteroatoms. The van der Waals surface area contributed by atoms with Gasteiger partial charge >= 0.3 is 5.97 Å². The molecule has 1 saturated carbocycles. The Labute approximate surface area is 105 Å². The van der Waals surface area contributed by atoms with Gasteiger partial charge in [-0.25, -0.2) is 0 Å². The van der Waals surface area contributed by atoms with Crippen molar-refractivity contribution < 1.29 is 19.6 Å². The Morgan fingerprint density at radius 1 is 1.33 bits per heavy atom. The minimum Gasteiger partial charge on any atom is -0.481 e. The Balaban J connectivity index is 1.66. The van der Waals surface area contributed by atoms with Crippen LogP contribution < -0.4 is 9.68 Å². The van der Waals surface area contributed by atoms with Crippen LogP contribution in [-0.2, 0) is 4.79 Å². The summed E-state index contributed by atoms with van der Waals surface area (Å²) in [5, 5.41) is 10.5. The van der Waals surface area contributed by atoms with Crippen molar-refractivity contribution in [2.45, 2.75) is 13.8 Å². The molecule has 2 unspecified atom stereocenters. The van der Waals surface area contributed by atoms with E-state index in [1.54, 1.807) is 0 Å². The summed E-state index contributed by atoms with van der Waals surface area (Å²) in [6.45, 7) is 4.37. The summed E-state index contributed by atoms with van der Waals surface area (Å²) in [7, 11) is 0. The van der Waals surface area contributed by atoms with Crippen molar-refractivity contribution in [2.75, 3.05) is 6.54 Å². The third-order valence-corrected chi connectivity index (χ3v) is 3.91. The summed E-state index contributed by atoms with van der Waals surface area (Å²) in [6, 6.07) is 7.38. The molecule has 0 saturated heterocycles. The number of hydrogen-bond donors (Lipinski definition) is 1. The number of carbonyl (C=O) groups is 1. The van der Waals surface area contributed by atoms with Crippen LogP contribution in [0.5, 0.6) is 11.5 Å². The number of rotatable bonds is 3. The second kappa shape index (κ2) is 3.62. The fourth-order valence-corrected chi connectivity index (χ4v) is 2.65. The molecule has 18 heavy (non-hydrogen) atoms. The SMILES string of the molecule is CC1(C)C(CN2Oc3ccccc3O2)C1C(=O)O. The van der Waals surface area contributed by atoms with Crippen LogP contribution in [0, 0.1) is 17.3 Å². The van der Waals surface area contributed by atoms with Gasteiger partial charge in [-0.05, 0) is 23.5 Å². The number of nitrogens with zero attached hydrogens (tertiary/aromatic N) is 1. The largest absolute Gasteiger partial charge is 0.481 e. The van der Waals surface area contributed by atoms with Gasteiger partial charge in [0.05, 0.1) is 12.5 Å². The maximum Gasteiger partial charge on any atom is 0.307 e. The number of para-hydroxylation sites is 2. The van der Waals surface area contributed by atoms with Crippen LogP contribution in [0.25, 0.3) is 0 Å². The van der Waals surface area contributed by atoms with Crippen molar-refractivity contribution in [3.63, 3.8) is 0 Å². The molecule has 0 spiro atoms. The van der Waals surface area contributed by atoms with E-state index < -0.39 is 5.97 Å². The van der Waals surface area contributed by atoms with Gasteiger partial charge in [-0.1, -0.05) is 26.0 Å². The van der Waals surface area contributed by atoms with Gasteiger partial charge in [0.25, 0.3) is 0 Å². The Morgan fingerprint density at radius 2 is 1.89 bits per heavy atom. The molecule has 1 heterocycles. The second-order valence-electron chi connectivity index (χ2n) is 5.39. The first-order valence-corrected chi connectivity index (χ1v) is 5.95. The molecular weight excluding hydrogens is 234 g/mol. The molecule has 1 aromatic carbocycles. The Bertz CT molecular complexity index is 475. The first-order valence-electron chi connectivity index (χ1n) is 5.95. The van der Waals surface area contributed by atoms with Crippen LogP contribution in [0.2, 0.25) is 0 Å². The summed E-state index contributed by atoms with van der Waals surface area (Å²) >= 11 is 0. The average Bonchev–Trinajstić information content (AvgIpc) is 2.69. The zero-order valence-electron chi connectivity index (χ0n) is 10.3. The first-order chi connectivity index (χ1) is 8.50. The predicted molar refractivity (Wildman–Crippen MR) is 62.8 cm³/mol. The van der Waals surface area contributed by atoms with E-state index in [9.17, 15) is 4.79 Å². The summed E-state index contributed by atoms with van der Waals surface area (Å²) in [5.41, 5.74) is -0.201. The Morgan fingerprint density at radius 3 is 2.33 bits per heavy atom. The molecule has 1 aliphatic heterocycles. The smallest absolute Gasteiger partial charge is 0.307 e. The molecule has 1 fully saturated rings. The maximum absolute atomic E-state index is 11.1. The fraction of sp³-hybridized carbons (Fsp3) is 0.462. The lowest BCUT2D eigenvalue weighted by Crippen LogP contribution is -2.29. The van der Waals surface area contributed by atoms with Crippen molar-refractivity contribution >= 4 is 5.97 Å². The van der Waals surface area contributed by atoms with E-state index in [1.807, 2.05) is 38.1 Å². The van der Waals surface area contributed by atoms with E-state index in [4.69, 9.17) is 14.8 Å². The van der Waals surface area contributed by atoms with Crippen LogP contribution in [0.1, 0.15) is 13.8 Å². The van der Waals surface area contributed by atoms with Crippen LogP contribution in [0.3, 0.4) is 0 Å². The third-order valence-electron chi connectivity index (χ3n) is 3.91. The number of benzene rings is 1. The van der Waals surface area contributed by atoms with Crippen molar-refractivity contribution in [3.05, 3.63) is 24.3 Å². The predicted octanol–water partition coefficient (Wildman–Crippen LogP) is 1.95. The highest BCUT2D eigenvalue weighted by Crippen LogP contribution is 2.58. The third kappa shape index (κ3) is 1.62. The molecule has 2 atom stereocenters. The summed E-state index contributed by atoms with van der Waals surface area (Å²) < 4.78 is 0. The minimum absolute atomic E-state index is 0.0457. The normalized spacial score (nSPS) is 28.1. The lowest BCUT2D eigenvalue weighted by atomic mass is 10.1. The number of carboxylic acid groups (broad SMARTS) is 1. The highest BCUT2D eigenvalue weighted by Gasteiger charge is 2.63. The van der Waals surface area contributed by atoms with Crippen molar-refractivity contribution in [1.29, 1.82) is 0 Å². The van der Waals surface area contributed by atoms with Gasteiger partial charge in [0.2, 0.25) is 0 Å². The minimum atomic E-state index is -0.748. The number of hydroxylamine groups is 2. The van der Waals surface area contributed by atoms with Gasteiger partial charge in [0.15, 0.2) is 11.5 Å². The van der Waals surface area contributed by atoms with Crippen LogP contribution >= 0.6 is 0 Å². The standard InChI is InChI=1S/C13H15NO4/c1-13(2)8(11(13)12(15)16)7-14-17-9-5-3-4-6-10(9)18-14/h3-6,8,11H,7H2,1-2H3,(H,15,16). The van der Waals surface area contributed by atoms with Gasteiger partial charge < -0.3 is 14.8 Å². The van der Waals surface area contributed by atoms with E-state index in [0.717, 1.165) is 0 Å². The number of carboxylic acids is 1. The monoisotopic (exact) mass is 249 g/mol. The highest BCUT2D eigenvalue weighted by molar-refractivity contribution is 5.75. The molecule has 5 nitrogen and oxygen atoms in total. The molecule has 0 bridgehead atoms. The zero-order valence-corrected chi connectivity index (χ0v) is 10.3. The number of aliphatic carboxylic acids is 1. The first kappa shape index (κ1) is 11.3.